The molecular weight excluding hydrogens is 375 g/mol. The Morgan fingerprint density at radius 1 is 1.11 bits per heavy atom. The molecule has 0 fully saturated rings. The molecule has 0 saturated carbocycles. The predicted octanol–water partition coefficient (Wildman–Crippen LogP) is 3.30. The number of anilines is 1. The Morgan fingerprint density at radius 3 is 2.43 bits per heavy atom. The normalized spacial score (nSPS) is 12.7. The van der Waals surface area contributed by atoms with Crippen molar-refractivity contribution in [2.75, 3.05) is 5.32 Å². The van der Waals surface area contributed by atoms with E-state index in [9.17, 15) is 27.6 Å². The minimum atomic E-state index is -4.66. The number of alkyl halides is 3. The molecule has 0 aliphatic heterocycles. The lowest BCUT2D eigenvalue weighted by Crippen LogP contribution is -2.42. The Morgan fingerprint density at radius 2 is 1.75 bits per heavy atom. The minimum Gasteiger partial charge on any atom is -0.324 e. The summed E-state index contributed by atoms with van der Waals surface area (Å²) in [5.74, 6) is -0.887. The SMILES string of the molecule is CCC(C(=O)Nc1ccccc1C(F)(F)F)n1c(=O)[nH]c2ccccc2c1=O. The van der Waals surface area contributed by atoms with Crippen molar-refractivity contribution in [1.82, 2.24) is 9.55 Å². The molecule has 3 rings (SSSR count). The van der Waals surface area contributed by atoms with E-state index in [0.29, 0.717) is 5.52 Å². The number of carbonyl (C=O) groups excluding carboxylic acids is 1. The zero-order valence-corrected chi connectivity index (χ0v) is 14.7. The molecule has 2 aromatic carbocycles. The average Bonchev–Trinajstić information content (AvgIpc) is 2.64. The van der Waals surface area contributed by atoms with Gasteiger partial charge in [0.1, 0.15) is 6.04 Å². The highest BCUT2D eigenvalue weighted by molar-refractivity contribution is 5.94. The van der Waals surface area contributed by atoms with Crippen LogP contribution in [0.2, 0.25) is 0 Å². The van der Waals surface area contributed by atoms with Crippen LogP contribution in [0.5, 0.6) is 0 Å². The number of H-pyrrole nitrogens is 1. The number of rotatable bonds is 4. The fraction of sp³-hybridized carbons (Fsp3) is 0.211. The summed E-state index contributed by atoms with van der Waals surface area (Å²) in [6, 6.07) is 9.51. The molecule has 0 saturated heterocycles. The Bertz CT molecular complexity index is 1150. The molecule has 9 heteroatoms. The molecule has 1 unspecified atom stereocenters. The number of amides is 1. The molecule has 1 aromatic heterocycles. The minimum absolute atomic E-state index is 0.0291. The number of halogens is 3. The van der Waals surface area contributed by atoms with Crippen molar-refractivity contribution in [1.29, 1.82) is 0 Å². The van der Waals surface area contributed by atoms with E-state index in [0.717, 1.165) is 16.7 Å². The van der Waals surface area contributed by atoms with Crippen LogP contribution in [0.4, 0.5) is 18.9 Å². The zero-order chi connectivity index (χ0) is 20.5. The van der Waals surface area contributed by atoms with E-state index < -0.39 is 40.6 Å². The Balaban J connectivity index is 2.04. The zero-order valence-electron chi connectivity index (χ0n) is 14.7. The summed E-state index contributed by atoms with van der Waals surface area (Å²) >= 11 is 0. The highest BCUT2D eigenvalue weighted by Crippen LogP contribution is 2.34. The lowest BCUT2D eigenvalue weighted by molar-refractivity contribution is -0.137. The van der Waals surface area contributed by atoms with Crippen molar-refractivity contribution in [3.8, 4) is 0 Å². The number of aromatic nitrogens is 2. The van der Waals surface area contributed by atoms with E-state index in [2.05, 4.69) is 10.3 Å². The average molecular weight is 391 g/mol. The predicted molar refractivity (Wildman–Crippen MR) is 98.2 cm³/mol. The van der Waals surface area contributed by atoms with E-state index in [1.165, 1.54) is 18.2 Å². The third-order valence-corrected chi connectivity index (χ3v) is 4.33. The molecule has 0 radical (unpaired) electrons. The van der Waals surface area contributed by atoms with Crippen LogP contribution in [0.15, 0.2) is 58.1 Å². The van der Waals surface area contributed by atoms with Crippen molar-refractivity contribution in [3.05, 3.63) is 74.9 Å². The standard InChI is InChI=1S/C19H16F3N3O3/c1-2-15(16(26)23-14-10-6-4-8-12(14)19(20,21)22)25-17(27)11-7-3-5-9-13(11)24-18(25)28/h3-10,15H,2H2,1H3,(H,23,26)(H,24,28). The molecule has 1 atom stereocenters. The molecule has 1 amide bonds. The van der Waals surface area contributed by atoms with Crippen LogP contribution in [0.25, 0.3) is 10.9 Å². The van der Waals surface area contributed by atoms with E-state index in [-0.39, 0.29) is 11.8 Å². The molecule has 0 aliphatic carbocycles. The van der Waals surface area contributed by atoms with E-state index in [1.807, 2.05) is 0 Å². The first-order valence-corrected chi connectivity index (χ1v) is 8.44. The largest absolute Gasteiger partial charge is 0.418 e. The van der Waals surface area contributed by atoms with Gasteiger partial charge in [-0.2, -0.15) is 13.2 Å². The van der Waals surface area contributed by atoms with E-state index in [1.54, 1.807) is 25.1 Å². The molecule has 0 aliphatic rings. The van der Waals surface area contributed by atoms with Gasteiger partial charge in [-0.15, -0.1) is 0 Å². The number of hydrogen-bond acceptors (Lipinski definition) is 3. The maximum Gasteiger partial charge on any atom is 0.418 e. The van der Waals surface area contributed by atoms with Gasteiger partial charge < -0.3 is 10.3 Å². The Hall–Kier alpha value is -3.36. The van der Waals surface area contributed by atoms with Crippen LogP contribution in [-0.2, 0) is 11.0 Å². The summed E-state index contributed by atoms with van der Waals surface area (Å²) in [5.41, 5.74) is -2.65. The molecule has 0 spiro atoms. The maximum absolute atomic E-state index is 13.1. The van der Waals surface area contributed by atoms with Crippen molar-refractivity contribution >= 4 is 22.5 Å². The van der Waals surface area contributed by atoms with Gasteiger partial charge in [0.2, 0.25) is 5.91 Å². The van der Waals surface area contributed by atoms with Gasteiger partial charge in [0, 0.05) is 0 Å². The molecule has 146 valence electrons. The fourth-order valence-corrected chi connectivity index (χ4v) is 3.00. The van der Waals surface area contributed by atoms with Gasteiger partial charge in [-0.25, -0.2) is 9.36 Å². The van der Waals surface area contributed by atoms with Gasteiger partial charge in [0.05, 0.1) is 22.2 Å². The summed E-state index contributed by atoms with van der Waals surface area (Å²) in [4.78, 5) is 40.3. The van der Waals surface area contributed by atoms with Gasteiger partial charge >= 0.3 is 11.9 Å². The van der Waals surface area contributed by atoms with Crippen LogP contribution in [0.1, 0.15) is 24.9 Å². The summed E-state index contributed by atoms with van der Waals surface area (Å²) in [5, 5.41) is 2.40. The van der Waals surface area contributed by atoms with Crippen molar-refractivity contribution < 1.29 is 18.0 Å². The number of nitrogens with zero attached hydrogens (tertiary/aromatic N) is 1. The van der Waals surface area contributed by atoms with Crippen molar-refractivity contribution in [2.45, 2.75) is 25.6 Å². The van der Waals surface area contributed by atoms with Gasteiger partial charge in [0.15, 0.2) is 0 Å². The van der Waals surface area contributed by atoms with Gasteiger partial charge in [-0.1, -0.05) is 31.2 Å². The summed E-state index contributed by atoms with van der Waals surface area (Å²) in [6.45, 7) is 1.56. The smallest absolute Gasteiger partial charge is 0.324 e. The molecule has 3 aromatic rings. The van der Waals surface area contributed by atoms with Crippen molar-refractivity contribution in [2.24, 2.45) is 0 Å². The third-order valence-electron chi connectivity index (χ3n) is 4.33. The van der Waals surface area contributed by atoms with E-state index >= 15 is 0 Å². The number of carbonyl (C=O) groups is 1. The molecule has 28 heavy (non-hydrogen) atoms. The van der Waals surface area contributed by atoms with E-state index in [4.69, 9.17) is 0 Å². The van der Waals surface area contributed by atoms with Crippen LogP contribution in [0, 0.1) is 0 Å². The lowest BCUT2D eigenvalue weighted by atomic mass is 10.1. The quantitative estimate of drug-likeness (QED) is 0.716. The molecule has 0 bridgehead atoms. The number of fused-ring (bicyclic) bond motifs is 1. The number of nitrogens with one attached hydrogen (secondary N) is 2. The first-order valence-electron chi connectivity index (χ1n) is 8.44. The van der Waals surface area contributed by atoms with Crippen LogP contribution in [-0.4, -0.2) is 15.5 Å². The van der Waals surface area contributed by atoms with Gasteiger partial charge in [-0.3, -0.25) is 9.59 Å². The first-order chi connectivity index (χ1) is 13.2. The number of aromatic amines is 1. The summed E-state index contributed by atoms with van der Waals surface area (Å²) in [6.07, 6.45) is -4.63. The Labute approximate surface area is 156 Å². The van der Waals surface area contributed by atoms with Crippen LogP contribution >= 0.6 is 0 Å². The van der Waals surface area contributed by atoms with Crippen molar-refractivity contribution in [3.63, 3.8) is 0 Å². The number of benzene rings is 2. The first kappa shape index (κ1) is 19.4. The topological polar surface area (TPSA) is 84.0 Å². The Kier molecular flexibility index (Phi) is 5.08. The highest BCUT2D eigenvalue weighted by atomic mass is 19.4. The summed E-state index contributed by atoms with van der Waals surface area (Å²) in [7, 11) is 0. The third kappa shape index (κ3) is 3.55. The summed E-state index contributed by atoms with van der Waals surface area (Å²) < 4.78 is 40.2. The second kappa shape index (κ2) is 7.34. The maximum atomic E-state index is 13.1. The highest BCUT2D eigenvalue weighted by Gasteiger charge is 2.34. The fourth-order valence-electron chi connectivity index (χ4n) is 3.00. The van der Waals surface area contributed by atoms with Gasteiger partial charge in [-0.05, 0) is 30.7 Å². The lowest BCUT2D eigenvalue weighted by Gasteiger charge is -2.19. The number of para-hydroxylation sites is 2. The second-order valence-electron chi connectivity index (χ2n) is 6.11. The van der Waals surface area contributed by atoms with Crippen LogP contribution < -0.4 is 16.6 Å². The number of hydrogen-bond donors (Lipinski definition) is 2. The van der Waals surface area contributed by atoms with Crippen LogP contribution in [0.3, 0.4) is 0 Å². The molecule has 1 heterocycles. The molecule has 6 nitrogen and oxygen atoms in total. The molecule has 2 N–H and O–H groups in total. The second-order valence-corrected chi connectivity index (χ2v) is 6.11. The molecular formula is C19H16F3N3O3. The monoisotopic (exact) mass is 391 g/mol. The van der Waals surface area contributed by atoms with Gasteiger partial charge in [0.25, 0.3) is 5.56 Å².